The molecule has 2 amide bonds. The molecular formula is C23H22Cl2N2O4. The summed E-state index contributed by atoms with van der Waals surface area (Å²) in [6.07, 6.45) is 0.642. The minimum Gasteiger partial charge on any atom is -0.497 e. The van der Waals surface area contributed by atoms with Gasteiger partial charge in [-0.3, -0.25) is 9.59 Å². The first-order chi connectivity index (χ1) is 14.9. The number of carbonyl (C=O) groups is 2. The van der Waals surface area contributed by atoms with Crippen LogP contribution in [-0.2, 0) is 16.0 Å². The summed E-state index contributed by atoms with van der Waals surface area (Å²) in [6.45, 7) is -0.115. The van der Waals surface area contributed by atoms with E-state index in [4.69, 9.17) is 32.4 Å². The van der Waals surface area contributed by atoms with Gasteiger partial charge in [0.05, 0.1) is 29.4 Å². The summed E-state index contributed by atoms with van der Waals surface area (Å²) in [5, 5.41) is 3.31. The van der Waals surface area contributed by atoms with Crippen LogP contribution in [0.4, 0.5) is 5.69 Å². The number of hydrogen-bond acceptors (Lipinski definition) is 4. The Morgan fingerprint density at radius 1 is 1.03 bits per heavy atom. The molecule has 1 N–H and O–H groups in total. The lowest BCUT2D eigenvalue weighted by molar-refractivity contribution is -0.133. The van der Waals surface area contributed by atoms with Gasteiger partial charge in [-0.25, -0.2) is 0 Å². The lowest BCUT2D eigenvalue weighted by atomic mass is 10.2. The summed E-state index contributed by atoms with van der Waals surface area (Å²) in [4.78, 5) is 26.0. The van der Waals surface area contributed by atoms with Gasteiger partial charge >= 0.3 is 0 Å². The lowest BCUT2D eigenvalue weighted by Gasteiger charge is -2.17. The van der Waals surface area contributed by atoms with Gasteiger partial charge in [0.15, 0.2) is 0 Å². The van der Waals surface area contributed by atoms with Crippen LogP contribution < -0.4 is 10.1 Å². The molecule has 6 nitrogen and oxygen atoms in total. The highest BCUT2D eigenvalue weighted by Gasteiger charge is 2.16. The SMILES string of the molecule is COc1ccc(-c2ccc(CCC(=O)N(C)CC(=O)Nc3c(Cl)cccc3Cl)o2)cc1. The van der Waals surface area contributed by atoms with E-state index in [1.165, 1.54) is 4.90 Å². The highest BCUT2D eigenvalue weighted by atomic mass is 35.5. The second kappa shape index (κ2) is 10.4. The number of amides is 2. The number of hydrogen-bond donors (Lipinski definition) is 1. The van der Waals surface area contributed by atoms with Gasteiger partial charge in [0.1, 0.15) is 17.3 Å². The third-order valence-corrected chi connectivity index (χ3v) is 5.29. The summed E-state index contributed by atoms with van der Waals surface area (Å²) in [5.74, 6) is 1.62. The van der Waals surface area contributed by atoms with Crippen molar-refractivity contribution in [3.63, 3.8) is 0 Å². The molecule has 8 heteroatoms. The summed E-state index contributed by atoms with van der Waals surface area (Å²) in [6, 6.07) is 16.2. The molecule has 3 rings (SSSR count). The van der Waals surface area contributed by atoms with Crippen molar-refractivity contribution in [3.8, 4) is 17.1 Å². The van der Waals surface area contributed by atoms with Crippen molar-refractivity contribution in [2.75, 3.05) is 26.0 Å². The molecule has 31 heavy (non-hydrogen) atoms. The van der Waals surface area contributed by atoms with Crippen molar-refractivity contribution in [2.45, 2.75) is 12.8 Å². The fourth-order valence-electron chi connectivity index (χ4n) is 2.94. The van der Waals surface area contributed by atoms with Crippen LogP contribution in [0.1, 0.15) is 12.2 Å². The number of aryl methyl sites for hydroxylation is 1. The van der Waals surface area contributed by atoms with Crippen molar-refractivity contribution >= 4 is 40.7 Å². The molecule has 0 unspecified atom stereocenters. The number of carbonyl (C=O) groups excluding carboxylic acids is 2. The van der Waals surface area contributed by atoms with E-state index in [1.807, 2.05) is 36.4 Å². The molecule has 162 valence electrons. The number of benzene rings is 2. The second-order valence-corrected chi connectivity index (χ2v) is 7.70. The zero-order chi connectivity index (χ0) is 22.4. The van der Waals surface area contributed by atoms with E-state index >= 15 is 0 Å². The van der Waals surface area contributed by atoms with Crippen LogP contribution in [0.2, 0.25) is 10.0 Å². The average molecular weight is 461 g/mol. The maximum absolute atomic E-state index is 12.4. The minimum atomic E-state index is -0.384. The van der Waals surface area contributed by atoms with Gasteiger partial charge in [-0.2, -0.15) is 0 Å². The number of para-hydroxylation sites is 1. The van der Waals surface area contributed by atoms with E-state index in [0.29, 0.717) is 27.9 Å². The highest BCUT2D eigenvalue weighted by Crippen LogP contribution is 2.29. The molecule has 0 aliphatic heterocycles. The monoisotopic (exact) mass is 460 g/mol. The van der Waals surface area contributed by atoms with Gasteiger partial charge in [0.25, 0.3) is 0 Å². The number of nitrogens with zero attached hydrogens (tertiary/aromatic N) is 1. The zero-order valence-electron chi connectivity index (χ0n) is 17.2. The number of halogens is 2. The predicted octanol–water partition coefficient (Wildman–Crippen LogP) is 5.29. The Kier molecular flexibility index (Phi) is 7.60. The van der Waals surface area contributed by atoms with Crippen LogP contribution in [-0.4, -0.2) is 37.4 Å². The zero-order valence-corrected chi connectivity index (χ0v) is 18.7. The Labute approximate surface area is 190 Å². The third-order valence-electron chi connectivity index (χ3n) is 4.66. The Hall–Kier alpha value is -2.96. The fraction of sp³-hybridized carbons (Fsp3) is 0.217. The van der Waals surface area contributed by atoms with E-state index < -0.39 is 0 Å². The summed E-state index contributed by atoms with van der Waals surface area (Å²) in [5.41, 5.74) is 1.25. The van der Waals surface area contributed by atoms with Gasteiger partial charge in [0.2, 0.25) is 11.8 Å². The van der Waals surface area contributed by atoms with Crippen LogP contribution in [0.15, 0.2) is 59.0 Å². The predicted molar refractivity (Wildman–Crippen MR) is 122 cm³/mol. The van der Waals surface area contributed by atoms with E-state index in [0.717, 1.165) is 17.1 Å². The van der Waals surface area contributed by atoms with Crippen molar-refractivity contribution < 1.29 is 18.7 Å². The van der Waals surface area contributed by atoms with Crippen LogP contribution in [0, 0.1) is 0 Å². The molecule has 3 aromatic rings. The topological polar surface area (TPSA) is 71.8 Å². The molecule has 1 aromatic heterocycles. The number of nitrogens with one attached hydrogen (secondary N) is 1. The molecule has 0 atom stereocenters. The lowest BCUT2D eigenvalue weighted by Crippen LogP contribution is -2.35. The number of ether oxygens (including phenoxy) is 1. The first-order valence-electron chi connectivity index (χ1n) is 9.58. The first kappa shape index (κ1) is 22.7. The number of anilines is 1. The fourth-order valence-corrected chi connectivity index (χ4v) is 3.44. The maximum Gasteiger partial charge on any atom is 0.244 e. The standard InChI is InChI=1S/C23H22Cl2N2O4/c1-27(14-21(28)26-23-18(24)4-3-5-19(23)25)22(29)13-11-17-10-12-20(31-17)15-6-8-16(30-2)9-7-15/h3-10,12H,11,13-14H2,1-2H3,(H,26,28). The molecule has 0 saturated carbocycles. The summed E-state index contributed by atoms with van der Waals surface area (Å²) < 4.78 is 11.0. The molecule has 0 bridgehead atoms. The Balaban J connectivity index is 1.51. The largest absolute Gasteiger partial charge is 0.497 e. The Bertz CT molecular complexity index is 1040. The van der Waals surface area contributed by atoms with Crippen LogP contribution in [0.25, 0.3) is 11.3 Å². The number of rotatable bonds is 8. The van der Waals surface area contributed by atoms with Crippen molar-refractivity contribution in [2.24, 2.45) is 0 Å². The first-order valence-corrected chi connectivity index (χ1v) is 10.3. The maximum atomic E-state index is 12.4. The molecule has 0 radical (unpaired) electrons. The van der Waals surface area contributed by atoms with Crippen LogP contribution in [0.3, 0.4) is 0 Å². The summed E-state index contributed by atoms with van der Waals surface area (Å²) in [7, 11) is 3.19. The second-order valence-electron chi connectivity index (χ2n) is 6.89. The van der Waals surface area contributed by atoms with E-state index in [-0.39, 0.29) is 24.8 Å². The van der Waals surface area contributed by atoms with Gasteiger partial charge in [0, 0.05) is 25.5 Å². The number of likely N-dealkylation sites (N-methyl/N-ethyl adjacent to an activating group) is 1. The van der Waals surface area contributed by atoms with Gasteiger partial charge in [-0.05, 0) is 48.5 Å². The van der Waals surface area contributed by atoms with E-state index in [9.17, 15) is 9.59 Å². The highest BCUT2D eigenvalue weighted by molar-refractivity contribution is 6.39. The van der Waals surface area contributed by atoms with Gasteiger partial charge in [-0.15, -0.1) is 0 Å². The molecule has 0 saturated heterocycles. The average Bonchev–Trinajstić information content (AvgIpc) is 3.23. The molecular weight excluding hydrogens is 439 g/mol. The third kappa shape index (κ3) is 6.03. The van der Waals surface area contributed by atoms with Crippen molar-refractivity contribution in [1.82, 2.24) is 4.90 Å². The molecule has 0 aliphatic carbocycles. The normalized spacial score (nSPS) is 10.6. The van der Waals surface area contributed by atoms with Crippen LogP contribution in [0.5, 0.6) is 5.75 Å². The number of furan rings is 1. The van der Waals surface area contributed by atoms with Crippen molar-refractivity contribution in [1.29, 1.82) is 0 Å². The van der Waals surface area contributed by atoms with E-state index in [2.05, 4.69) is 5.32 Å². The molecule has 2 aromatic carbocycles. The van der Waals surface area contributed by atoms with Gasteiger partial charge < -0.3 is 19.4 Å². The van der Waals surface area contributed by atoms with E-state index in [1.54, 1.807) is 32.4 Å². The Morgan fingerprint density at radius 2 is 1.71 bits per heavy atom. The van der Waals surface area contributed by atoms with Crippen LogP contribution >= 0.6 is 23.2 Å². The number of methoxy groups -OCH3 is 1. The molecule has 1 heterocycles. The minimum absolute atomic E-state index is 0.115. The molecule has 0 spiro atoms. The van der Waals surface area contributed by atoms with Crippen molar-refractivity contribution in [3.05, 3.63) is 70.4 Å². The smallest absolute Gasteiger partial charge is 0.244 e. The summed E-state index contributed by atoms with van der Waals surface area (Å²) >= 11 is 12.1. The molecule has 0 fully saturated rings. The molecule has 0 aliphatic rings. The quantitative estimate of drug-likeness (QED) is 0.495. The Morgan fingerprint density at radius 3 is 2.35 bits per heavy atom. The van der Waals surface area contributed by atoms with Gasteiger partial charge in [-0.1, -0.05) is 29.3 Å².